The van der Waals surface area contributed by atoms with Crippen LogP contribution in [-0.2, 0) is 0 Å². The molecule has 0 saturated carbocycles. The third-order valence-corrected chi connectivity index (χ3v) is 4.58. The average Bonchev–Trinajstić information content (AvgIpc) is 3.18. The fraction of sp³-hybridized carbons (Fsp3) is 0.0870. The summed E-state index contributed by atoms with van der Waals surface area (Å²) in [7, 11) is 3.98. The molecule has 0 atom stereocenters. The largest absolute Gasteiger partial charge is 0.378 e. The Balaban J connectivity index is 1.47. The maximum atomic E-state index is 12.4. The normalized spacial score (nSPS) is 11.1. The van der Waals surface area contributed by atoms with Gasteiger partial charge in [-0.2, -0.15) is 5.10 Å². The molecule has 1 aromatic heterocycles. The quantitative estimate of drug-likeness (QED) is 0.403. The molecule has 3 aromatic carbocycles. The number of hydrazone groups is 1. The van der Waals surface area contributed by atoms with Crippen LogP contribution in [0.4, 0.5) is 5.69 Å². The second-order valence-corrected chi connectivity index (χ2v) is 6.87. The second kappa shape index (κ2) is 7.98. The van der Waals surface area contributed by atoms with Crippen molar-refractivity contribution in [3.05, 3.63) is 83.9 Å². The van der Waals surface area contributed by atoms with Crippen LogP contribution < -0.4 is 10.3 Å². The third-order valence-electron chi connectivity index (χ3n) is 4.58. The Kier molecular flexibility index (Phi) is 5.07. The summed E-state index contributed by atoms with van der Waals surface area (Å²) in [5.74, 6) is 0.501. The highest BCUT2D eigenvalue weighted by atomic mass is 16.2. The Morgan fingerprint density at radius 1 is 1.03 bits per heavy atom. The smallest absolute Gasteiger partial charge is 0.271 e. The third kappa shape index (κ3) is 4.16. The lowest BCUT2D eigenvalue weighted by molar-refractivity contribution is 0.0955. The Morgan fingerprint density at radius 3 is 2.52 bits per heavy atom. The van der Waals surface area contributed by atoms with Crippen molar-refractivity contribution in [1.82, 2.24) is 15.4 Å². The van der Waals surface area contributed by atoms with Crippen molar-refractivity contribution in [2.45, 2.75) is 0 Å². The molecule has 0 fully saturated rings. The van der Waals surface area contributed by atoms with E-state index in [1.165, 1.54) is 0 Å². The predicted molar refractivity (Wildman–Crippen MR) is 117 cm³/mol. The topological polar surface area (TPSA) is 73.4 Å². The van der Waals surface area contributed by atoms with Gasteiger partial charge < -0.3 is 9.88 Å². The molecule has 1 heterocycles. The van der Waals surface area contributed by atoms with E-state index < -0.39 is 0 Å². The van der Waals surface area contributed by atoms with Gasteiger partial charge in [-0.05, 0) is 35.9 Å². The van der Waals surface area contributed by atoms with Crippen molar-refractivity contribution in [2.75, 3.05) is 19.0 Å². The van der Waals surface area contributed by atoms with Gasteiger partial charge in [-0.15, -0.1) is 0 Å². The minimum atomic E-state index is -0.274. The summed E-state index contributed by atoms with van der Waals surface area (Å²) in [6.45, 7) is 0. The van der Waals surface area contributed by atoms with Gasteiger partial charge in [-0.1, -0.05) is 42.5 Å². The number of hydrogen-bond donors (Lipinski definition) is 2. The van der Waals surface area contributed by atoms with Crippen molar-refractivity contribution >= 4 is 28.8 Å². The number of carbonyl (C=O) groups is 1. The van der Waals surface area contributed by atoms with E-state index in [1.54, 1.807) is 18.3 Å². The zero-order chi connectivity index (χ0) is 20.2. The highest BCUT2D eigenvalue weighted by molar-refractivity contribution is 5.98. The van der Waals surface area contributed by atoms with Gasteiger partial charge in [0, 0.05) is 30.9 Å². The number of H-pyrrole nitrogens is 1. The van der Waals surface area contributed by atoms with Crippen LogP contribution in [0.1, 0.15) is 15.9 Å². The van der Waals surface area contributed by atoms with Crippen molar-refractivity contribution in [2.24, 2.45) is 5.10 Å². The Hall–Kier alpha value is -3.93. The summed E-state index contributed by atoms with van der Waals surface area (Å²) < 4.78 is 0. The lowest BCUT2D eigenvalue weighted by Crippen LogP contribution is -2.17. The molecule has 0 spiro atoms. The SMILES string of the molecule is CN(C)c1ccc(/C=N/NC(=O)c2ccc3nc(-c4ccccc4)[nH]c3c2)cc1. The summed E-state index contributed by atoms with van der Waals surface area (Å²) in [6, 6.07) is 23.1. The molecule has 0 bridgehead atoms. The number of carbonyl (C=O) groups excluding carboxylic acids is 1. The van der Waals surface area contributed by atoms with Crippen LogP contribution >= 0.6 is 0 Å². The number of fused-ring (bicyclic) bond motifs is 1. The van der Waals surface area contributed by atoms with E-state index in [2.05, 4.69) is 20.5 Å². The minimum absolute atomic E-state index is 0.274. The van der Waals surface area contributed by atoms with Gasteiger partial charge in [-0.25, -0.2) is 10.4 Å². The minimum Gasteiger partial charge on any atom is -0.378 e. The fourth-order valence-corrected chi connectivity index (χ4v) is 2.97. The van der Waals surface area contributed by atoms with Crippen molar-refractivity contribution in [3.63, 3.8) is 0 Å². The molecule has 2 N–H and O–H groups in total. The number of aromatic amines is 1. The molecule has 144 valence electrons. The van der Waals surface area contributed by atoms with Gasteiger partial charge in [0.1, 0.15) is 5.82 Å². The molecule has 0 aliphatic carbocycles. The average molecular weight is 383 g/mol. The standard InChI is InChI=1S/C23H21N5O/c1-28(2)19-11-8-16(9-12-19)15-24-27-23(29)18-10-13-20-21(14-18)26-22(25-20)17-6-4-3-5-7-17/h3-15H,1-2H3,(H,25,26)(H,27,29)/b24-15+. The van der Waals surface area contributed by atoms with Crippen LogP contribution in [0.3, 0.4) is 0 Å². The zero-order valence-corrected chi connectivity index (χ0v) is 16.3. The first-order valence-electron chi connectivity index (χ1n) is 9.26. The molecule has 0 aliphatic heterocycles. The lowest BCUT2D eigenvalue weighted by Gasteiger charge is -2.11. The number of benzene rings is 3. The molecule has 29 heavy (non-hydrogen) atoms. The molecule has 0 radical (unpaired) electrons. The number of nitrogens with one attached hydrogen (secondary N) is 2. The second-order valence-electron chi connectivity index (χ2n) is 6.87. The zero-order valence-electron chi connectivity index (χ0n) is 16.3. The number of imidazole rings is 1. The Labute approximate surface area is 168 Å². The van der Waals surface area contributed by atoms with Crippen LogP contribution in [-0.4, -0.2) is 36.2 Å². The molecule has 0 aliphatic rings. The molecule has 0 saturated heterocycles. The van der Waals surface area contributed by atoms with Gasteiger partial charge in [0.15, 0.2) is 0 Å². The molecule has 0 unspecified atom stereocenters. The van der Waals surface area contributed by atoms with Gasteiger partial charge in [0.05, 0.1) is 17.2 Å². The molecular weight excluding hydrogens is 362 g/mol. The number of amides is 1. The van der Waals surface area contributed by atoms with E-state index in [0.717, 1.165) is 33.7 Å². The first-order valence-corrected chi connectivity index (χ1v) is 9.26. The molecular formula is C23H21N5O. The monoisotopic (exact) mass is 383 g/mol. The van der Waals surface area contributed by atoms with Crippen LogP contribution in [0.25, 0.3) is 22.4 Å². The van der Waals surface area contributed by atoms with Gasteiger partial charge in [0.2, 0.25) is 0 Å². The molecule has 4 rings (SSSR count). The molecule has 4 aromatic rings. The van der Waals surface area contributed by atoms with E-state index in [4.69, 9.17) is 0 Å². The highest BCUT2D eigenvalue weighted by Gasteiger charge is 2.09. The first-order chi connectivity index (χ1) is 14.1. The lowest BCUT2D eigenvalue weighted by atomic mass is 10.2. The summed E-state index contributed by atoms with van der Waals surface area (Å²) in [5, 5.41) is 4.06. The van der Waals surface area contributed by atoms with Gasteiger partial charge in [-0.3, -0.25) is 4.79 Å². The van der Waals surface area contributed by atoms with Crippen LogP contribution in [0.5, 0.6) is 0 Å². The van der Waals surface area contributed by atoms with Crippen molar-refractivity contribution < 1.29 is 4.79 Å². The summed E-state index contributed by atoms with van der Waals surface area (Å²) in [5.41, 5.74) is 7.72. The van der Waals surface area contributed by atoms with Crippen molar-refractivity contribution in [3.8, 4) is 11.4 Å². The summed E-state index contributed by atoms with van der Waals surface area (Å²) in [4.78, 5) is 22.3. The molecule has 6 heteroatoms. The number of nitrogens with zero attached hydrogens (tertiary/aromatic N) is 3. The molecule has 6 nitrogen and oxygen atoms in total. The van der Waals surface area contributed by atoms with E-state index in [-0.39, 0.29) is 5.91 Å². The Bertz CT molecular complexity index is 1160. The van der Waals surface area contributed by atoms with E-state index in [9.17, 15) is 4.79 Å². The number of hydrogen-bond acceptors (Lipinski definition) is 4. The van der Waals surface area contributed by atoms with Gasteiger partial charge in [0.25, 0.3) is 5.91 Å². The number of anilines is 1. The van der Waals surface area contributed by atoms with E-state index in [0.29, 0.717) is 5.56 Å². The number of aromatic nitrogens is 2. The van der Waals surface area contributed by atoms with E-state index in [1.807, 2.05) is 79.7 Å². The first kappa shape index (κ1) is 18.4. The summed E-state index contributed by atoms with van der Waals surface area (Å²) in [6.07, 6.45) is 1.62. The van der Waals surface area contributed by atoms with Crippen LogP contribution in [0.2, 0.25) is 0 Å². The maximum Gasteiger partial charge on any atom is 0.271 e. The Morgan fingerprint density at radius 2 is 1.79 bits per heavy atom. The fourth-order valence-electron chi connectivity index (χ4n) is 2.97. The van der Waals surface area contributed by atoms with Crippen molar-refractivity contribution in [1.29, 1.82) is 0 Å². The van der Waals surface area contributed by atoms with E-state index >= 15 is 0 Å². The van der Waals surface area contributed by atoms with Crippen LogP contribution in [0, 0.1) is 0 Å². The van der Waals surface area contributed by atoms with Gasteiger partial charge >= 0.3 is 0 Å². The highest BCUT2D eigenvalue weighted by Crippen LogP contribution is 2.21. The maximum absolute atomic E-state index is 12.4. The number of rotatable bonds is 5. The summed E-state index contributed by atoms with van der Waals surface area (Å²) >= 11 is 0. The molecule has 1 amide bonds. The van der Waals surface area contributed by atoms with Crippen LogP contribution in [0.15, 0.2) is 77.9 Å². The predicted octanol–water partition coefficient (Wildman–Crippen LogP) is 4.06.